The van der Waals surface area contributed by atoms with Crippen LogP contribution < -0.4 is 10.6 Å². The molecule has 18 heavy (non-hydrogen) atoms. The second kappa shape index (κ2) is 4.30. The Hall–Kier alpha value is -2.08. The summed E-state index contributed by atoms with van der Waals surface area (Å²) in [5.41, 5.74) is 1.44. The van der Waals surface area contributed by atoms with Crippen molar-refractivity contribution in [2.45, 2.75) is 5.16 Å². The summed E-state index contributed by atoms with van der Waals surface area (Å²) in [4.78, 5) is 15.3. The fourth-order valence-corrected chi connectivity index (χ4v) is 2.11. The van der Waals surface area contributed by atoms with Crippen molar-refractivity contribution in [1.29, 1.82) is 0 Å². The number of hydrogen-bond donors (Lipinski definition) is 2. The van der Waals surface area contributed by atoms with Crippen LogP contribution in [0.2, 0.25) is 0 Å². The van der Waals surface area contributed by atoms with Gasteiger partial charge in [0.2, 0.25) is 5.88 Å². The molecule has 0 radical (unpaired) electrons. The molecule has 0 amide bonds. The van der Waals surface area contributed by atoms with Crippen molar-refractivity contribution in [3.63, 3.8) is 0 Å². The van der Waals surface area contributed by atoms with E-state index in [4.69, 9.17) is 0 Å². The van der Waals surface area contributed by atoms with Gasteiger partial charge in [0.25, 0.3) is 0 Å². The summed E-state index contributed by atoms with van der Waals surface area (Å²) >= 11 is 1.45. The number of imidazole rings is 1. The van der Waals surface area contributed by atoms with E-state index >= 15 is 0 Å². The van der Waals surface area contributed by atoms with Gasteiger partial charge in [0.05, 0.1) is 11.0 Å². The summed E-state index contributed by atoms with van der Waals surface area (Å²) in [7, 11) is 0. The molecule has 2 aromatic rings. The lowest BCUT2D eigenvalue weighted by molar-refractivity contribution is 0.453. The summed E-state index contributed by atoms with van der Waals surface area (Å²) in [5, 5.41) is 12.2. The molecule has 5 nitrogen and oxygen atoms in total. The highest BCUT2D eigenvalue weighted by Crippen LogP contribution is 2.19. The molecular weight excluding hydrogens is 248 g/mol. The zero-order chi connectivity index (χ0) is 12.5. The number of hydrogen-bond acceptors (Lipinski definition) is 5. The third-order valence-electron chi connectivity index (χ3n) is 2.59. The second-order valence-corrected chi connectivity index (χ2v) is 4.54. The van der Waals surface area contributed by atoms with Gasteiger partial charge in [-0.2, -0.15) is 4.98 Å². The number of aliphatic imine (C=N–C) groups is 1. The topological polar surface area (TPSA) is 73.6 Å². The van der Waals surface area contributed by atoms with Gasteiger partial charge in [-0.15, -0.1) is 0 Å². The molecule has 6 heteroatoms. The molecule has 2 N–H and O–H groups in total. The van der Waals surface area contributed by atoms with E-state index in [1.807, 2.05) is 30.5 Å². The first-order valence-electron chi connectivity index (χ1n) is 5.31. The number of benzene rings is 1. The van der Waals surface area contributed by atoms with E-state index in [0.717, 1.165) is 16.3 Å². The van der Waals surface area contributed by atoms with E-state index in [2.05, 4.69) is 20.0 Å². The van der Waals surface area contributed by atoms with Crippen molar-refractivity contribution in [3.8, 4) is 5.88 Å². The van der Waals surface area contributed by atoms with Gasteiger partial charge in [-0.05, 0) is 29.7 Å². The minimum absolute atomic E-state index is 0.00744. The lowest BCUT2D eigenvalue weighted by Crippen LogP contribution is -2.06. The minimum atomic E-state index is 0.00744. The molecule has 0 aliphatic carbocycles. The minimum Gasteiger partial charge on any atom is -0.492 e. The van der Waals surface area contributed by atoms with Crippen molar-refractivity contribution in [1.82, 2.24) is 9.97 Å². The van der Waals surface area contributed by atoms with Crippen LogP contribution in [0.25, 0.3) is 6.08 Å². The van der Waals surface area contributed by atoms with Crippen LogP contribution in [-0.2, 0) is 0 Å². The smallest absolute Gasteiger partial charge is 0.237 e. The maximum atomic E-state index is 9.68. The van der Waals surface area contributed by atoms with E-state index in [9.17, 15) is 5.11 Å². The van der Waals surface area contributed by atoms with Gasteiger partial charge >= 0.3 is 0 Å². The summed E-state index contributed by atoms with van der Waals surface area (Å²) in [6.45, 7) is 0. The standard InChI is InChI=1S/C12H10N4OS/c1-18-12-15-10(11(17)16-12)5-7-2-3-8-9(4-7)14-6-13-8/h2-6,17H,1H3,(H,15,16). The average molecular weight is 258 g/mol. The van der Waals surface area contributed by atoms with Gasteiger partial charge in [-0.3, -0.25) is 0 Å². The van der Waals surface area contributed by atoms with Gasteiger partial charge in [-0.25, -0.2) is 9.98 Å². The molecule has 0 atom stereocenters. The quantitative estimate of drug-likeness (QED) is 0.788. The van der Waals surface area contributed by atoms with Crippen LogP contribution in [0.15, 0.2) is 33.3 Å². The van der Waals surface area contributed by atoms with Crippen LogP contribution in [0.5, 0.6) is 5.88 Å². The van der Waals surface area contributed by atoms with Crippen molar-refractivity contribution in [3.05, 3.63) is 34.5 Å². The zero-order valence-corrected chi connectivity index (χ0v) is 10.4. The SMILES string of the molecule is CSc1nc(O)c(C=c2ccc3c(c2)N=CN=3)[nH]1. The van der Waals surface area contributed by atoms with E-state index in [-0.39, 0.29) is 5.88 Å². The molecule has 3 rings (SSSR count). The highest BCUT2D eigenvalue weighted by Gasteiger charge is 2.05. The molecule has 0 fully saturated rings. The Labute approximate surface area is 107 Å². The van der Waals surface area contributed by atoms with Crippen LogP contribution in [0.1, 0.15) is 5.69 Å². The Bertz CT molecular complexity index is 748. The average Bonchev–Trinajstić information content (AvgIpc) is 2.96. The Morgan fingerprint density at radius 3 is 3.06 bits per heavy atom. The van der Waals surface area contributed by atoms with Crippen molar-refractivity contribution in [2.75, 3.05) is 6.26 Å². The van der Waals surface area contributed by atoms with Crippen molar-refractivity contribution < 1.29 is 5.11 Å². The van der Waals surface area contributed by atoms with Gasteiger partial charge in [0.15, 0.2) is 5.16 Å². The van der Waals surface area contributed by atoms with Gasteiger partial charge in [0, 0.05) is 0 Å². The monoisotopic (exact) mass is 258 g/mol. The van der Waals surface area contributed by atoms with Gasteiger partial charge in [-0.1, -0.05) is 17.8 Å². The predicted molar refractivity (Wildman–Crippen MR) is 71.0 cm³/mol. The summed E-state index contributed by atoms with van der Waals surface area (Å²) in [6.07, 6.45) is 5.26. The number of nitrogens with one attached hydrogen (secondary N) is 1. The fraction of sp³-hybridized carbons (Fsp3) is 0.0833. The molecule has 0 saturated carbocycles. The maximum Gasteiger partial charge on any atom is 0.237 e. The first kappa shape index (κ1) is 11.0. The van der Waals surface area contributed by atoms with E-state index in [0.29, 0.717) is 10.9 Å². The number of fused-ring (bicyclic) bond motifs is 1. The van der Waals surface area contributed by atoms with E-state index in [1.54, 1.807) is 0 Å². The number of rotatable bonds is 2. The van der Waals surface area contributed by atoms with Crippen LogP contribution in [0, 0.1) is 0 Å². The Morgan fingerprint density at radius 2 is 2.28 bits per heavy atom. The Balaban J connectivity index is 2.09. The number of aromatic hydroxyl groups is 1. The van der Waals surface area contributed by atoms with Crippen LogP contribution in [0.3, 0.4) is 0 Å². The molecule has 90 valence electrons. The molecule has 2 heterocycles. The van der Waals surface area contributed by atoms with Crippen LogP contribution >= 0.6 is 11.8 Å². The largest absolute Gasteiger partial charge is 0.492 e. The lowest BCUT2D eigenvalue weighted by Gasteiger charge is -1.91. The summed E-state index contributed by atoms with van der Waals surface area (Å²) in [6, 6.07) is 5.74. The number of aromatic nitrogens is 2. The molecule has 0 unspecified atom stereocenters. The number of thioether (sulfide) groups is 1. The van der Waals surface area contributed by atoms with Gasteiger partial charge < -0.3 is 10.1 Å². The van der Waals surface area contributed by atoms with Crippen LogP contribution in [0.4, 0.5) is 5.69 Å². The third kappa shape index (κ3) is 1.91. The molecule has 1 aromatic heterocycles. The van der Waals surface area contributed by atoms with E-state index in [1.165, 1.54) is 18.1 Å². The number of nitrogens with zero attached hydrogens (tertiary/aromatic N) is 3. The highest BCUT2D eigenvalue weighted by molar-refractivity contribution is 7.98. The summed E-state index contributed by atoms with van der Waals surface area (Å²) in [5.74, 6) is 0.00744. The fourth-order valence-electron chi connectivity index (χ4n) is 1.72. The number of aromatic amines is 1. The van der Waals surface area contributed by atoms with E-state index < -0.39 is 0 Å². The molecule has 0 saturated heterocycles. The van der Waals surface area contributed by atoms with Gasteiger partial charge in [0.1, 0.15) is 12.0 Å². The predicted octanol–water partition coefficient (Wildman–Crippen LogP) is 0.959. The highest BCUT2D eigenvalue weighted by atomic mass is 32.2. The second-order valence-electron chi connectivity index (χ2n) is 3.75. The molecule has 1 aliphatic rings. The Morgan fingerprint density at radius 1 is 1.39 bits per heavy atom. The normalized spacial score (nSPS) is 13.7. The number of H-pyrrole nitrogens is 1. The molecular formula is C12H10N4OS. The lowest BCUT2D eigenvalue weighted by atomic mass is 10.2. The molecule has 0 bridgehead atoms. The first-order chi connectivity index (χ1) is 8.76. The molecule has 0 spiro atoms. The zero-order valence-electron chi connectivity index (χ0n) is 9.58. The van der Waals surface area contributed by atoms with Crippen molar-refractivity contribution in [2.24, 2.45) is 9.98 Å². The molecule has 1 aromatic carbocycles. The maximum absolute atomic E-state index is 9.68. The first-order valence-corrected chi connectivity index (χ1v) is 6.54. The summed E-state index contributed by atoms with van der Waals surface area (Å²) < 4.78 is 0. The Kier molecular flexibility index (Phi) is 2.64. The van der Waals surface area contributed by atoms with Crippen LogP contribution in [-0.4, -0.2) is 27.7 Å². The molecule has 1 aliphatic heterocycles. The third-order valence-corrected chi connectivity index (χ3v) is 3.17. The van der Waals surface area contributed by atoms with Crippen molar-refractivity contribution >= 4 is 29.9 Å².